The number of hydrogen-bond donors (Lipinski definition) is 1. The third kappa shape index (κ3) is 1.91. The summed E-state index contributed by atoms with van der Waals surface area (Å²) in [6.45, 7) is 8.97. The van der Waals surface area contributed by atoms with E-state index in [-0.39, 0.29) is 5.92 Å². The van der Waals surface area contributed by atoms with E-state index in [1.165, 1.54) is 0 Å². The van der Waals surface area contributed by atoms with Crippen LogP contribution < -0.4 is 5.32 Å². The van der Waals surface area contributed by atoms with Crippen LogP contribution >= 0.6 is 0 Å². The molecule has 0 aromatic rings. The third-order valence-electron chi connectivity index (χ3n) is 3.26. The van der Waals surface area contributed by atoms with Gasteiger partial charge in [-0.1, -0.05) is 6.92 Å². The highest BCUT2D eigenvalue weighted by molar-refractivity contribution is 5.80. The van der Waals surface area contributed by atoms with Crippen LogP contribution in [0.25, 0.3) is 0 Å². The maximum absolute atomic E-state index is 11.8. The van der Waals surface area contributed by atoms with E-state index in [9.17, 15) is 4.79 Å². The molecule has 0 bridgehead atoms. The van der Waals surface area contributed by atoms with Crippen molar-refractivity contribution in [2.75, 3.05) is 45.8 Å². The zero-order valence-corrected chi connectivity index (χ0v) is 8.83. The third-order valence-corrected chi connectivity index (χ3v) is 3.26. The lowest BCUT2D eigenvalue weighted by Gasteiger charge is -2.38. The zero-order chi connectivity index (χ0) is 9.97. The van der Waals surface area contributed by atoms with Gasteiger partial charge < -0.3 is 15.1 Å². The summed E-state index contributed by atoms with van der Waals surface area (Å²) in [7, 11) is 0. The number of nitrogens with one attached hydrogen (secondary N) is 1. The summed E-state index contributed by atoms with van der Waals surface area (Å²) in [5.74, 6) is 0.627. The fourth-order valence-corrected chi connectivity index (χ4v) is 2.01. The first kappa shape index (κ1) is 9.93. The van der Waals surface area contributed by atoms with Crippen molar-refractivity contribution in [3.05, 3.63) is 0 Å². The summed E-state index contributed by atoms with van der Waals surface area (Å²) in [6.07, 6.45) is 0. The molecule has 0 spiro atoms. The Bertz CT molecular complexity index is 207. The minimum Gasteiger partial charge on any atom is -0.340 e. The second-order valence-corrected chi connectivity index (χ2v) is 4.11. The van der Waals surface area contributed by atoms with Crippen LogP contribution in [-0.2, 0) is 4.79 Å². The van der Waals surface area contributed by atoms with Crippen molar-refractivity contribution in [1.82, 2.24) is 15.1 Å². The molecule has 4 nitrogen and oxygen atoms in total. The number of piperazine rings is 1. The lowest BCUT2D eigenvalue weighted by Crippen LogP contribution is -2.56. The van der Waals surface area contributed by atoms with Gasteiger partial charge in [0.15, 0.2) is 0 Å². The first-order valence-electron chi connectivity index (χ1n) is 5.53. The monoisotopic (exact) mass is 197 g/mol. The number of hydrogen-bond acceptors (Lipinski definition) is 3. The van der Waals surface area contributed by atoms with Crippen LogP contribution in [0.5, 0.6) is 0 Å². The van der Waals surface area contributed by atoms with Gasteiger partial charge in [-0.2, -0.15) is 0 Å². The lowest BCUT2D eigenvalue weighted by atomic mass is 10.0. The molecule has 0 aliphatic carbocycles. The number of nitrogens with zero attached hydrogens (tertiary/aromatic N) is 2. The molecule has 2 fully saturated rings. The summed E-state index contributed by atoms with van der Waals surface area (Å²) in [6, 6.07) is 0. The molecule has 80 valence electrons. The predicted molar refractivity (Wildman–Crippen MR) is 55.1 cm³/mol. The summed E-state index contributed by atoms with van der Waals surface area (Å²) < 4.78 is 0. The van der Waals surface area contributed by atoms with E-state index in [1.807, 2.05) is 4.90 Å². The Morgan fingerprint density at radius 2 is 1.93 bits per heavy atom. The van der Waals surface area contributed by atoms with Crippen LogP contribution in [0.2, 0.25) is 0 Å². The highest BCUT2D eigenvalue weighted by atomic mass is 16.2. The summed E-state index contributed by atoms with van der Waals surface area (Å²) in [5.41, 5.74) is 0. The Morgan fingerprint density at radius 1 is 1.29 bits per heavy atom. The Hall–Kier alpha value is -0.610. The van der Waals surface area contributed by atoms with Gasteiger partial charge in [0.1, 0.15) is 0 Å². The van der Waals surface area contributed by atoms with Crippen molar-refractivity contribution in [2.24, 2.45) is 5.92 Å². The molecule has 4 heteroatoms. The second kappa shape index (κ2) is 4.28. The average Bonchev–Trinajstić information content (AvgIpc) is 2.15. The lowest BCUT2D eigenvalue weighted by molar-refractivity contribution is -0.138. The maximum Gasteiger partial charge on any atom is 0.228 e. The smallest absolute Gasteiger partial charge is 0.228 e. The molecular weight excluding hydrogens is 178 g/mol. The topological polar surface area (TPSA) is 35.6 Å². The Kier molecular flexibility index (Phi) is 3.03. The van der Waals surface area contributed by atoms with Crippen LogP contribution in [0.3, 0.4) is 0 Å². The predicted octanol–water partition coefficient (Wildman–Crippen LogP) is -0.630. The van der Waals surface area contributed by atoms with E-state index in [0.717, 1.165) is 45.8 Å². The van der Waals surface area contributed by atoms with Crippen molar-refractivity contribution in [2.45, 2.75) is 6.92 Å². The minimum atomic E-state index is 0.267. The molecule has 0 atom stereocenters. The fourth-order valence-electron chi connectivity index (χ4n) is 2.01. The van der Waals surface area contributed by atoms with E-state index < -0.39 is 0 Å². The van der Waals surface area contributed by atoms with Crippen LogP contribution in [0.15, 0.2) is 0 Å². The maximum atomic E-state index is 11.8. The summed E-state index contributed by atoms with van der Waals surface area (Å²) in [4.78, 5) is 16.3. The molecule has 14 heavy (non-hydrogen) atoms. The largest absolute Gasteiger partial charge is 0.340 e. The molecule has 1 amide bonds. The highest BCUT2D eigenvalue weighted by Crippen LogP contribution is 2.10. The van der Waals surface area contributed by atoms with Crippen LogP contribution in [-0.4, -0.2) is 61.5 Å². The number of likely N-dealkylation sites (N-methyl/N-ethyl adjacent to an activating group) is 1. The van der Waals surface area contributed by atoms with Crippen molar-refractivity contribution in [1.29, 1.82) is 0 Å². The van der Waals surface area contributed by atoms with E-state index in [2.05, 4.69) is 17.1 Å². The molecule has 1 N–H and O–H groups in total. The van der Waals surface area contributed by atoms with E-state index in [4.69, 9.17) is 0 Å². The minimum absolute atomic E-state index is 0.267. The standard InChI is InChI=1S/C10H19N3O/c1-2-12-3-5-13(6-4-12)10(14)9-7-11-8-9/h9,11H,2-8H2,1H3. The van der Waals surface area contributed by atoms with Crippen molar-refractivity contribution in [3.8, 4) is 0 Å². The highest BCUT2D eigenvalue weighted by Gasteiger charge is 2.30. The van der Waals surface area contributed by atoms with Gasteiger partial charge in [-0.3, -0.25) is 4.79 Å². The average molecular weight is 197 g/mol. The van der Waals surface area contributed by atoms with Gasteiger partial charge >= 0.3 is 0 Å². The number of rotatable bonds is 2. The van der Waals surface area contributed by atoms with Gasteiger partial charge in [-0.05, 0) is 6.54 Å². The van der Waals surface area contributed by atoms with E-state index in [1.54, 1.807) is 0 Å². The molecule has 0 saturated carbocycles. The van der Waals surface area contributed by atoms with Gasteiger partial charge in [0.2, 0.25) is 5.91 Å². The molecule has 2 saturated heterocycles. The molecule has 0 aromatic carbocycles. The molecule has 0 radical (unpaired) electrons. The van der Waals surface area contributed by atoms with Gasteiger partial charge in [0.25, 0.3) is 0 Å². The molecular formula is C10H19N3O. The second-order valence-electron chi connectivity index (χ2n) is 4.11. The van der Waals surface area contributed by atoms with Gasteiger partial charge in [-0.25, -0.2) is 0 Å². The number of carbonyl (C=O) groups is 1. The SMILES string of the molecule is CCN1CCN(C(=O)C2CNC2)CC1. The van der Waals surface area contributed by atoms with Crippen LogP contribution in [0, 0.1) is 5.92 Å². The normalized spacial score (nSPS) is 24.8. The summed E-state index contributed by atoms with van der Waals surface area (Å²) >= 11 is 0. The Balaban J connectivity index is 1.79. The van der Waals surface area contributed by atoms with Gasteiger partial charge in [0.05, 0.1) is 5.92 Å². The molecule has 2 heterocycles. The Morgan fingerprint density at radius 3 is 2.36 bits per heavy atom. The van der Waals surface area contributed by atoms with Gasteiger partial charge in [0, 0.05) is 39.3 Å². The zero-order valence-electron chi connectivity index (χ0n) is 8.83. The molecule has 0 aromatic heterocycles. The Labute approximate surface area is 85.2 Å². The van der Waals surface area contributed by atoms with E-state index in [0.29, 0.717) is 5.91 Å². The van der Waals surface area contributed by atoms with Crippen molar-refractivity contribution >= 4 is 5.91 Å². The number of amides is 1. The van der Waals surface area contributed by atoms with E-state index >= 15 is 0 Å². The fraction of sp³-hybridized carbons (Fsp3) is 0.900. The first-order chi connectivity index (χ1) is 6.81. The molecule has 2 aliphatic rings. The van der Waals surface area contributed by atoms with Crippen molar-refractivity contribution in [3.63, 3.8) is 0 Å². The molecule has 0 unspecified atom stereocenters. The van der Waals surface area contributed by atoms with Crippen LogP contribution in [0.1, 0.15) is 6.92 Å². The van der Waals surface area contributed by atoms with Gasteiger partial charge in [-0.15, -0.1) is 0 Å². The number of carbonyl (C=O) groups excluding carboxylic acids is 1. The van der Waals surface area contributed by atoms with Crippen LogP contribution in [0.4, 0.5) is 0 Å². The first-order valence-corrected chi connectivity index (χ1v) is 5.53. The van der Waals surface area contributed by atoms with Crippen molar-refractivity contribution < 1.29 is 4.79 Å². The quantitative estimate of drug-likeness (QED) is 0.640. The molecule has 2 aliphatic heterocycles. The molecule has 2 rings (SSSR count). The summed E-state index contributed by atoms with van der Waals surface area (Å²) in [5, 5.41) is 3.14.